The molecule has 4 nitrogen and oxygen atoms in total. The molecule has 0 fully saturated rings. The van der Waals surface area contributed by atoms with Crippen LogP contribution in [-0.4, -0.2) is 9.97 Å². The molecule has 2 rings (SSSR count). The number of hydrazine groups is 1. The number of nitrogens with two attached hydrogens (primary N) is 1. The standard InChI is InChI=1S/C15H20N4/c1-4-5-12-9-14(19-16)18-15(17-12)13-8-10(2)6-7-11(13)3/h6-9H,4-5,16H2,1-3H3,(H,17,18,19). The Morgan fingerprint density at radius 3 is 2.63 bits per heavy atom. The summed E-state index contributed by atoms with van der Waals surface area (Å²) in [7, 11) is 0. The molecule has 2 aromatic rings. The molecule has 4 heteroatoms. The summed E-state index contributed by atoms with van der Waals surface area (Å²) in [6.45, 7) is 6.27. The van der Waals surface area contributed by atoms with Gasteiger partial charge in [-0.25, -0.2) is 15.8 Å². The Bertz CT molecular complexity index is 578. The summed E-state index contributed by atoms with van der Waals surface area (Å²) >= 11 is 0. The number of hydrogen-bond acceptors (Lipinski definition) is 4. The molecule has 1 aromatic carbocycles. The Labute approximate surface area is 114 Å². The Balaban J connectivity index is 2.54. The SMILES string of the molecule is CCCc1cc(NN)nc(-c2cc(C)ccc2C)n1. The van der Waals surface area contributed by atoms with Crippen LogP contribution in [0.1, 0.15) is 30.2 Å². The first-order chi connectivity index (χ1) is 9.13. The van der Waals surface area contributed by atoms with Crippen molar-refractivity contribution >= 4 is 5.82 Å². The molecule has 0 radical (unpaired) electrons. The fraction of sp³-hybridized carbons (Fsp3) is 0.333. The maximum absolute atomic E-state index is 5.49. The Hall–Kier alpha value is -1.94. The van der Waals surface area contributed by atoms with E-state index in [9.17, 15) is 0 Å². The fourth-order valence-corrected chi connectivity index (χ4v) is 2.05. The lowest BCUT2D eigenvalue weighted by Crippen LogP contribution is -2.10. The van der Waals surface area contributed by atoms with Gasteiger partial charge in [-0.1, -0.05) is 31.0 Å². The summed E-state index contributed by atoms with van der Waals surface area (Å²) in [5.41, 5.74) is 7.07. The maximum atomic E-state index is 5.49. The minimum Gasteiger partial charge on any atom is -0.308 e. The van der Waals surface area contributed by atoms with Crippen LogP contribution in [0.4, 0.5) is 5.82 Å². The van der Waals surface area contributed by atoms with Gasteiger partial charge in [-0.2, -0.15) is 0 Å². The molecule has 0 aliphatic rings. The van der Waals surface area contributed by atoms with Crippen molar-refractivity contribution in [3.05, 3.63) is 41.1 Å². The average molecular weight is 256 g/mol. The first kappa shape index (κ1) is 13.5. The van der Waals surface area contributed by atoms with E-state index in [1.54, 1.807) is 0 Å². The second-order valence-corrected chi connectivity index (χ2v) is 4.78. The van der Waals surface area contributed by atoms with Crippen molar-refractivity contribution in [2.75, 3.05) is 5.43 Å². The molecule has 1 aromatic heterocycles. The van der Waals surface area contributed by atoms with Crippen LogP contribution in [-0.2, 0) is 6.42 Å². The Kier molecular flexibility index (Phi) is 4.12. The molecule has 0 spiro atoms. The lowest BCUT2D eigenvalue weighted by Gasteiger charge is -2.10. The molecule has 0 bridgehead atoms. The molecule has 3 N–H and O–H groups in total. The lowest BCUT2D eigenvalue weighted by atomic mass is 10.0. The summed E-state index contributed by atoms with van der Waals surface area (Å²) in [4.78, 5) is 9.10. The second kappa shape index (κ2) is 5.80. The highest BCUT2D eigenvalue weighted by atomic mass is 15.3. The van der Waals surface area contributed by atoms with E-state index in [-0.39, 0.29) is 0 Å². The van der Waals surface area contributed by atoms with E-state index in [0.717, 1.165) is 29.9 Å². The predicted molar refractivity (Wildman–Crippen MR) is 78.7 cm³/mol. The normalized spacial score (nSPS) is 10.5. The van der Waals surface area contributed by atoms with Gasteiger partial charge in [-0.05, 0) is 31.9 Å². The summed E-state index contributed by atoms with van der Waals surface area (Å²) in [6.07, 6.45) is 1.97. The number of aryl methyl sites for hydroxylation is 3. The van der Waals surface area contributed by atoms with Crippen LogP contribution in [0.25, 0.3) is 11.4 Å². The van der Waals surface area contributed by atoms with Crippen LogP contribution in [0.5, 0.6) is 0 Å². The van der Waals surface area contributed by atoms with Gasteiger partial charge < -0.3 is 5.43 Å². The predicted octanol–water partition coefficient (Wildman–Crippen LogP) is 3.00. The van der Waals surface area contributed by atoms with Gasteiger partial charge in [-0.3, -0.25) is 0 Å². The topological polar surface area (TPSA) is 63.8 Å². The summed E-state index contributed by atoms with van der Waals surface area (Å²) < 4.78 is 0. The minimum absolute atomic E-state index is 0.661. The van der Waals surface area contributed by atoms with Crippen LogP contribution in [0, 0.1) is 13.8 Å². The zero-order chi connectivity index (χ0) is 13.8. The summed E-state index contributed by atoms with van der Waals surface area (Å²) in [5.74, 6) is 6.89. The van der Waals surface area contributed by atoms with Crippen LogP contribution in [0.2, 0.25) is 0 Å². The number of hydrogen-bond donors (Lipinski definition) is 2. The van der Waals surface area contributed by atoms with E-state index in [1.165, 1.54) is 11.1 Å². The van der Waals surface area contributed by atoms with E-state index in [4.69, 9.17) is 5.84 Å². The number of nitrogens with one attached hydrogen (secondary N) is 1. The molecule has 0 aliphatic carbocycles. The van der Waals surface area contributed by atoms with E-state index in [1.807, 2.05) is 6.07 Å². The van der Waals surface area contributed by atoms with Crippen molar-refractivity contribution in [3.63, 3.8) is 0 Å². The van der Waals surface area contributed by atoms with E-state index >= 15 is 0 Å². The van der Waals surface area contributed by atoms with Gasteiger partial charge in [-0.15, -0.1) is 0 Å². The van der Waals surface area contributed by atoms with Gasteiger partial charge >= 0.3 is 0 Å². The summed E-state index contributed by atoms with van der Waals surface area (Å²) in [6, 6.07) is 8.20. The lowest BCUT2D eigenvalue weighted by molar-refractivity contribution is 0.875. The van der Waals surface area contributed by atoms with Gasteiger partial charge in [0.25, 0.3) is 0 Å². The zero-order valence-corrected chi connectivity index (χ0v) is 11.7. The smallest absolute Gasteiger partial charge is 0.162 e. The number of aromatic nitrogens is 2. The van der Waals surface area contributed by atoms with Crippen LogP contribution >= 0.6 is 0 Å². The molecular weight excluding hydrogens is 236 g/mol. The fourth-order valence-electron chi connectivity index (χ4n) is 2.05. The Morgan fingerprint density at radius 2 is 1.95 bits per heavy atom. The first-order valence-electron chi connectivity index (χ1n) is 6.56. The molecule has 100 valence electrons. The Morgan fingerprint density at radius 1 is 1.16 bits per heavy atom. The number of rotatable bonds is 4. The largest absolute Gasteiger partial charge is 0.308 e. The zero-order valence-electron chi connectivity index (χ0n) is 11.7. The number of benzene rings is 1. The molecule has 19 heavy (non-hydrogen) atoms. The van der Waals surface area contributed by atoms with Gasteiger partial charge in [0.1, 0.15) is 5.82 Å². The van der Waals surface area contributed by atoms with Crippen molar-refractivity contribution in [3.8, 4) is 11.4 Å². The van der Waals surface area contributed by atoms with Crippen molar-refractivity contribution in [1.29, 1.82) is 0 Å². The number of anilines is 1. The molecular formula is C15H20N4. The van der Waals surface area contributed by atoms with Crippen LogP contribution in [0.15, 0.2) is 24.3 Å². The van der Waals surface area contributed by atoms with E-state index in [0.29, 0.717) is 5.82 Å². The van der Waals surface area contributed by atoms with Crippen molar-refractivity contribution in [2.24, 2.45) is 5.84 Å². The van der Waals surface area contributed by atoms with Crippen molar-refractivity contribution in [2.45, 2.75) is 33.6 Å². The highest BCUT2D eigenvalue weighted by Gasteiger charge is 2.09. The third-order valence-corrected chi connectivity index (χ3v) is 3.07. The van der Waals surface area contributed by atoms with Crippen molar-refractivity contribution in [1.82, 2.24) is 9.97 Å². The molecule has 0 saturated heterocycles. The monoisotopic (exact) mass is 256 g/mol. The van der Waals surface area contributed by atoms with E-state index in [2.05, 4.69) is 54.4 Å². The molecule has 0 saturated carbocycles. The maximum Gasteiger partial charge on any atom is 0.162 e. The third kappa shape index (κ3) is 3.09. The third-order valence-electron chi connectivity index (χ3n) is 3.07. The van der Waals surface area contributed by atoms with Crippen LogP contribution < -0.4 is 11.3 Å². The highest BCUT2D eigenvalue weighted by molar-refractivity contribution is 5.62. The molecule has 0 aliphatic heterocycles. The van der Waals surface area contributed by atoms with Crippen LogP contribution in [0.3, 0.4) is 0 Å². The highest BCUT2D eigenvalue weighted by Crippen LogP contribution is 2.23. The average Bonchev–Trinajstić information content (AvgIpc) is 2.41. The second-order valence-electron chi connectivity index (χ2n) is 4.78. The van der Waals surface area contributed by atoms with Gasteiger partial charge in [0.15, 0.2) is 5.82 Å². The quantitative estimate of drug-likeness (QED) is 0.652. The summed E-state index contributed by atoms with van der Waals surface area (Å²) in [5, 5.41) is 0. The number of nitrogen functional groups attached to an aromatic ring is 1. The molecule has 0 atom stereocenters. The molecule has 0 amide bonds. The van der Waals surface area contributed by atoms with E-state index < -0.39 is 0 Å². The van der Waals surface area contributed by atoms with Crippen molar-refractivity contribution < 1.29 is 0 Å². The molecule has 1 heterocycles. The van der Waals surface area contributed by atoms with Gasteiger partial charge in [0.2, 0.25) is 0 Å². The number of nitrogens with zero attached hydrogens (tertiary/aromatic N) is 2. The van der Waals surface area contributed by atoms with Gasteiger partial charge in [0.05, 0.1) is 0 Å². The first-order valence-corrected chi connectivity index (χ1v) is 6.56. The molecule has 0 unspecified atom stereocenters. The van der Waals surface area contributed by atoms with Gasteiger partial charge in [0, 0.05) is 17.3 Å². The minimum atomic E-state index is 0.661.